The van der Waals surface area contributed by atoms with Crippen molar-refractivity contribution in [3.8, 4) is 61.5 Å². The van der Waals surface area contributed by atoms with Crippen LogP contribution in [-0.2, 0) is 0 Å². The molecule has 0 saturated carbocycles. The predicted molar refractivity (Wildman–Crippen MR) is 215 cm³/mol. The van der Waals surface area contributed by atoms with Crippen molar-refractivity contribution < 1.29 is 0 Å². The van der Waals surface area contributed by atoms with Crippen LogP contribution in [0.1, 0.15) is 0 Å². The highest BCUT2D eigenvalue weighted by Gasteiger charge is 2.20. The van der Waals surface area contributed by atoms with Crippen LogP contribution in [0.3, 0.4) is 0 Å². The summed E-state index contributed by atoms with van der Waals surface area (Å²) < 4.78 is 3.43. The zero-order valence-electron chi connectivity index (χ0n) is 27.9. The number of thiazole rings is 1. The van der Waals surface area contributed by atoms with E-state index in [1.807, 2.05) is 42.5 Å². The highest BCUT2D eigenvalue weighted by Crippen LogP contribution is 2.39. The van der Waals surface area contributed by atoms with Gasteiger partial charge >= 0.3 is 0 Å². The van der Waals surface area contributed by atoms with Crippen molar-refractivity contribution in [3.05, 3.63) is 176 Å². The van der Waals surface area contributed by atoms with E-state index < -0.39 is 0 Å². The van der Waals surface area contributed by atoms with Gasteiger partial charge in [0.25, 0.3) is 0 Å². The maximum absolute atomic E-state index is 5.19. The van der Waals surface area contributed by atoms with Crippen LogP contribution < -0.4 is 0 Å². The Kier molecular flexibility index (Phi) is 7.25. The minimum absolute atomic E-state index is 0.608. The molecule has 6 heteroatoms. The lowest BCUT2D eigenvalue weighted by Gasteiger charge is -2.10. The fourth-order valence-electron chi connectivity index (χ4n) is 7.03. The Hall–Kier alpha value is -6.76. The van der Waals surface area contributed by atoms with Gasteiger partial charge in [-0.05, 0) is 53.6 Å². The lowest BCUT2D eigenvalue weighted by Crippen LogP contribution is -2.00. The predicted octanol–water partition coefficient (Wildman–Crippen LogP) is 11.9. The topological polar surface area (TPSA) is 56.5 Å². The Morgan fingerprint density at radius 3 is 1.75 bits per heavy atom. The van der Waals surface area contributed by atoms with Crippen molar-refractivity contribution in [1.29, 1.82) is 0 Å². The van der Waals surface area contributed by atoms with Crippen LogP contribution in [0.4, 0.5) is 0 Å². The number of aromatic nitrogens is 5. The molecule has 0 aliphatic rings. The second kappa shape index (κ2) is 12.5. The maximum atomic E-state index is 5.19. The third-order valence-corrected chi connectivity index (χ3v) is 10.6. The minimum Gasteiger partial charge on any atom is -0.309 e. The minimum atomic E-state index is 0.608. The first-order chi connectivity index (χ1) is 25.8. The quantitative estimate of drug-likeness (QED) is 0.175. The summed E-state index contributed by atoms with van der Waals surface area (Å²) in [5.41, 5.74) is 10.5. The van der Waals surface area contributed by atoms with Crippen LogP contribution in [0.5, 0.6) is 0 Å². The van der Waals surface area contributed by atoms with Crippen LogP contribution in [-0.4, -0.2) is 24.5 Å². The van der Waals surface area contributed by atoms with Crippen molar-refractivity contribution in [1.82, 2.24) is 24.5 Å². The second-order valence-corrected chi connectivity index (χ2v) is 13.7. The first-order valence-corrected chi connectivity index (χ1v) is 18.0. The van der Waals surface area contributed by atoms with Crippen molar-refractivity contribution in [2.45, 2.75) is 0 Å². The number of hydrogen-bond acceptors (Lipinski definition) is 5. The molecule has 0 amide bonds. The van der Waals surface area contributed by atoms with Crippen molar-refractivity contribution >= 4 is 43.4 Å². The van der Waals surface area contributed by atoms with Gasteiger partial charge in [-0.25, -0.2) is 19.9 Å². The normalized spacial score (nSPS) is 11.5. The van der Waals surface area contributed by atoms with Crippen molar-refractivity contribution in [3.63, 3.8) is 0 Å². The molecule has 0 fully saturated rings. The SMILES string of the molecule is c1ccc(-c2ccc(-c3nc4cc(-c5nc(-c6ccccc6)nc(-c6cccc7c6c6ccccc6n7-c6ccccc6)n5)ccc4s3)cc2)cc1. The monoisotopic (exact) mass is 683 g/mol. The van der Waals surface area contributed by atoms with Gasteiger partial charge in [-0.1, -0.05) is 133 Å². The van der Waals surface area contributed by atoms with Crippen LogP contribution in [0.15, 0.2) is 176 Å². The Bertz CT molecular complexity index is 2880. The molecule has 5 nitrogen and oxygen atoms in total. The Labute approximate surface area is 304 Å². The molecule has 0 spiro atoms. The van der Waals surface area contributed by atoms with Crippen molar-refractivity contribution in [2.24, 2.45) is 0 Å². The molecule has 10 aromatic rings. The molecule has 0 bridgehead atoms. The molecule has 3 aromatic heterocycles. The number of rotatable bonds is 6. The Morgan fingerprint density at radius 1 is 0.404 bits per heavy atom. The molecule has 0 aliphatic heterocycles. The van der Waals surface area contributed by atoms with Gasteiger partial charge in [-0.2, -0.15) is 0 Å². The van der Waals surface area contributed by atoms with Gasteiger partial charge in [0.05, 0.1) is 21.3 Å². The molecule has 0 saturated heterocycles. The van der Waals surface area contributed by atoms with Gasteiger partial charge in [0.15, 0.2) is 17.5 Å². The van der Waals surface area contributed by atoms with Crippen LogP contribution in [0.25, 0.3) is 93.6 Å². The molecule has 0 unspecified atom stereocenters. The summed E-state index contributed by atoms with van der Waals surface area (Å²) in [6, 6.07) is 61.0. The average Bonchev–Trinajstić information content (AvgIpc) is 3.81. The van der Waals surface area contributed by atoms with E-state index in [-0.39, 0.29) is 0 Å². The highest BCUT2D eigenvalue weighted by molar-refractivity contribution is 7.21. The first-order valence-electron chi connectivity index (χ1n) is 17.2. The van der Waals surface area contributed by atoms with Crippen LogP contribution in [0, 0.1) is 0 Å². The summed E-state index contributed by atoms with van der Waals surface area (Å²) in [6.07, 6.45) is 0. The smallest absolute Gasteiger partial charge is 0.164 e. The molecule has 244 valence electrons. The summed E-state index contributed by atoms with van der Waals surface area (Å²) in [4.78, 5) is 20.5. The maximum Gasteiger partial charge on any atom is 0.164 e. The molecular formula is C46H29N5S. The highest BCUT2D eigenvalue weighted by atomic mass is 32.1. The van der Waals surface area contributed by atoms with Gasteiger partial charge in [0, 0.05) is 38.7 Å². The number of fused-ring (bicyclic) bond motifs is 4. The second-order valence-electron chi connectivity index (χ2n) is 12.7. The van der Waals surface area contributed by atoms with Crippen LogP contribution >= 0.6 is 11.3 Å². The molecule has 0 N–H and O–H groups in total. The zero-order chi connectivity index (χ0) is 34.4. The van der Waals surface area contributed by atoms with Gasteiger partial charge in [0.2, 0.25) is 0 Å². The fourth-order valence-corrected chi connectivity index (χ4v) is 7.98. The molecule has 0 radical (unpaired) electrons. The number of para-hydroxylation sites is 2. The summed E-state index contributed by atoms with van der Waals surface area (Å²) in [5, 5.41) is 3.24. The summed E-state index contributed by atoms with van der Waals surface area (Å²) in [7, 11) is 0. The van der Waals surface area contributed by atoms with E-state index in [4.69, 9.17) is 19.9 Å². The first kappa shape index (κ1) is 30.1. The largest absolute Gasteiger partial charge is 0.309 e. The van der Waals surface area contributed by atoms with E-state index in [1.165, 1.54) is 11.1 Å². The van der Waals surface area contributed by atoms with Crippen LogP contribution in [0.2, 0.25) is 0 Å². The van der Waals surface area contributed by atoms with Gasteiger partial charge < -0.3 is 4.57 Å². The fraction of sp³-hybridized carbons (Fsp3) is 0. The van der Waals surface area contributed by atoms with Crippen molar-refractivity contribution in [2.75, 3.05) is 0 Å². The number of nitrogens with zero attached hydrogens (tertiary/aromatic N) is 5. The van der Waals surface area contributed by atoms with E-state index in [0.29, 0.717) is 17.5 Å². The van der Waals surface area contributed by atoms with E-state index >= 15 is 0 Å². The summed E-state index contributed by atoms with van der Waals surface area (Å²) in [5.74, 6) is 1.86. The molecule has 0 atom stereocenters. The molecule has 10 rings (SSSR count). The summed E-state index contributed by atoms with van der Waals surface area (Å²) >= 11 is 1.69. The standard InChI is InChI=1S/C46H29N5S/c1-4-13-30(14-5-1)31-23-25-33(26-24-31)46-47-38-29-34(27-28-41(38)52-46)44-48-43(32-15-6-2-7-16-32)49-45(50-44)37-20-12-22-40-42(37)36-19-10-11-21-39(36)51(40)35-17-8-3-9-18-35/h1-29H. The third kappa shape index (κ3) is 5.25. The lowest BCUT2D eigenvalue weighted by atomic mass is 10.0. The third-order valence-electron chi connectivity index (χ3n) is 9.51. The lowest BCUT2D eigenvalue weighted by molar-refractivity contribution is 1.08. The number of hydrogen-bond donors (Lipinski definition) is 0. The van der Waals surface area contributed by atoms with E-state index in [0.717, 1.165) is 65.0 Å². The molecule has 52 heavy (non-hydrogen) atoms. The Balaban J connectivity index is 1.11. The Morgan fingerprint density at radius 2 is 0.981 bits per heavy atom. The molecular weight excluding hydrogens is 655 g/mol. The van der Waals surface area contributed by atoms with E-state index in [2.05, 4.69) is 138 Å². The zero-order valence-corrected chi connectivity index (χ0v) is 28.7. The van der Waals surface area contributed by atoms with Gasteiger partial charge in [-0.3, -0.25) is 0 Å². The van der Waals surface area contributed by atoms with Gasteiger partial charge in [-0.15, -0.1) is 11.3 Å². The summed E-state index contributed by atoms with van der Waals surface area (Å²) in [6.45, 7) is 0. The molecule has 7 aromatic carbocycles. The molecule has 0 aliphatic carbocycles. The van der Waals surface area contributed by atoms with Gasteiger partial charge in [0.1, 0.15) is 5.01 Å². The number of benzene rings is 7. The molecule has 3 heterocycles. The van der Waals surface area contributed by atoms with E-state index in [9.17, 15) is 0 Å². The van der Waals surface area contributed by atoms with E-state index in [1.54, 1.807) is 11.3 Å². The average molecular weight is 684 g/mol.